The molecule has 1 aliphatic carbocycles. The van der Waals surface area contributed by atoms with Crippen molar-refractivity contribution < 1.29 is 0 Å². The summed E-state index contributed by atoms with van der Waals surface area (Å²) in [6.07, 6.45) is 2.55. The maximum atomic E-state index is 2.36. The minimum atomic E-state index is 0.497. The molecule has 0 bridgehead atoms. The van der Waals surface area contributed by atoms with Gasteiger partial charge in [-0.3, -0.25) is 0 Å². The molecule has 0 heteroatoms. The van der Waals surface area contributed by atoms with E-state index in [0.717, 1.165) is 0 Å². The van der Waals surface area contributed by atoms with E-state index in [1.165, 1.54) is 12.8 Å². The standard InChI is InChI=1S/C11H14/c1-3-11(2)8-9-6-4-5-7-10(9)11/h4-7H,3,8H2,1-2H3. The highest BCUT2D eigenvalue weighted by molar-refractivity contribution is 5.44. The molecule has 0 aromatic heterocycles. The molecule has 0 saturated heterocycles. The van der Waals surface area contributed by atoms with E-state index in [9.17, 15) is 0 Å². The Balaban J connectivity index is 2.43. The van der Waals surface area contributed by atoms with Crippen LogP contribution < -0.4 is 0 Å². The normalized spacial score (nSPS) is 27.5. The molecule has 2 rings (SSSR count). The van der Waals surface area contributed by atoms with Gasteiger partial charge in [-0.25, -0.2) is 0 Å². The summed E-state index contributed by atoms with van der Waals surface area (Å²) in [5, 5.41) is 0. The van der Waals surface area contributed by atoms with Crippen LogP contribution in [0, 0.1) is 0 Å². The average molecular weight is 146 g/mol. The topological polar surface area (TPSA) is 0 Å². The van der Waals surface area contributed by atoms with Crippen LogP contribution >= 0.6 is 0 Å². The van der Waals surface area contributed by atoms with Gasteiger partial charge in [0.05, 0.1) is 0 Å². The monoisotopic (exact) mass is 146 g/mol. The highest BCUT2D eigenvalue weighted by Crippen LogP contribution is 2.42. The molecule has 1 atom stereocenters. The van der Waals surface area contributed by atoms with Crippen LogP contribution in [0.15, 0.2) is 24.3 Å². The largest absolute Gasteiger partial charge is 0.0645 e. The Morgan fingerprint density at radius 2 is 2.09 bits per heavy atom. The first-order valence-corrected chi connectivity index (χ1v) is 4.35. The van der Waals surface area contributed by atoms with E-state index in [-0.39, 0.29) is 0 Å². The van der Waals surface area contributed by atoms with Crippen molar-refractivity contribution in [3.8, 4) is 0 Å². The molecule has 0 fully saturated rings. The number of fused-ring (bicyclic) bond motifs is 1. The van der Waals surface area contributed by atoms with Crippen molar-refractivity contribution in [3.05, 3.63) is 35.4 Å². The van der Waals surface area contributed by atoms with E-state index in [4.69, 9.17) is 0 Å². The van der Waals surface area contributed by atoms with Crippen molar-refractivity contribution in [2.45, 2.75) is 32.1 Å². The molecule has 0 amide bonds. The van der Waals surface area contributed by atoms with E-state index in [1.54, 1.807) is 11.1 Å². The third-order valence-electron chi connectivity index (χ3n) is 3.03. The fourth-order valence-electron chi connectivity index (χ4n) is 1.99. The number of rotatable bonds is 1. The van der Waals surface area contributed by atoms with Gasteiger partial charge in [0.1, 0.15) is 0 Å². The van der Waals surface area contributed by atoms with Gasteiger partial charge in [-0.1, -0.05) is 38.1 Å². The first-order chi connectivity index (χ1) is 5.26. The zero-order valence-corrected chi connectivity index (χ0v) is 7.22. The predicted octanol–water partition coefficient (Wildman–Crippen LogP) is 2.91. The maximum Gasteiger partial charge on any atom is -0.00347 e. The van der Waals surface area contributed by atoms with Gasteiger partial charge in [-0.15, -0.1) is 0 Å². The molecule has 1 aromatic carbocycles. The van der Waals surface area contributed by atoms with E-state index in [1.807, 2.05) is 0 Å². The van der Waals surface area contributed by atoms with Gasteiger partial charge in [0.2, 0.25) is 0 Å². The summed E-state index contributed by atoms with van der Waals surface area (Å²) >= 11 is 0. The van der Waals surface area contributed by atoms with Crippen LogP contribution in [-0.2, 0) is 11.8 Å². The summed E-state index contributed by atoms with van der Waals surface area (Å²) in [6.45, 7) is 4.63. The van der Waals surface area contributed by atoms with Crippen molar-refractivity contribution in [1.29, 1.82) is 0 Å². The predicted molar refractivity (Wildman–Crippen MR) is 47.8 cm³/mol. The van der Waals surface area contributed by atoms with Gasteiger partial charge in [0.15, 0.2) is 0 Å². The van der Waals surface area contributed by atoms with Crippen molar-refractivity contribution >= 4 is 0 Å². The summed E-state index contributed by atoms with van der Waals surface area (Å²) in [5.41, 5.74) is 3.62. The minimum absolute atomic E-state index is 0.497. The lowest BCUT2D eigenvalue weighted by Gasteiger charge is -2.40. The van der Waals surface area contributed by atoms with Crippen LogP contribution in [0.25, 0.3) is 0 Å². The second kappa shape index (κ2) is 2.10. The first-order valence-electron chi connectivity index (χ1n) is 4.35. The Kier molecular flexibility index (Phi) is 1.32. The molecule has 0 spiro atoms. The van der Waals surface area contributed by atoms with Gasteiger partial charge in [-0.05, 0) is 29.4 Å². The Hall–Kier alpha value is -0.780. The second-order valence-electron chi connectivity index (χ2n) is 3.75. The molecule has 1 unspecified atom stereocenters. The van der Waals surface area contributed by atoms with Crippen LogP contribution in [0.3, 0.4) is 0 Å². The van der Waals surface area contributed by atoms with E-state index >= 15 is 0 Å². The highest BCUT2D eigenvalue weighted by Gasteiger charge is 2.35. The average Bonchev–Trinajstić information content (AvgIpc) is 2.02. The SMILES string of the molecule is CCC1(C)Cc2ccccc21. The summed E-state index contributed by atoms with van der Waals surface area (Å²) in [5.74, 6) is 0. The van der Waals surface area contributed by atoms with E-state index < -0.39 is 0 Å². The summed E-state index contributed by atoms with van der Waals surface area (Å²) < 4.78 is 0. The summed E-state index contributed by atoms with van der Waals surface area (Å²) in [4.78, 5) is 0. The van der Waals surface area contributed by atoms with E-state index in [2.05, 4.69) is 38.1 Å². The lowest BCUT2D eigenvalue weighted by molar-refractivity contribution is 0.395. The van der Waals surface area contributed by atoms with Crippen molar-refractivity contribution in [2.24, 2.45) is 0 Å². The van der Waals surface area contributed by atoms with Crippen molar-refractivity contribution in [3.63, 3.8) is 0 Å². The molecule has 0 nitrogen and oxygen atoms in total. The number of benzene rings is 1. The highest BCUT2D eigenvalue weighted by atomic mass is 14.4. The molecule has 0 heterocycles. The molecule has 58 valence electrons. The maximum absolute atomic E-state index is 2.36. The lowest BCUT2D eigenvalue weighted by atomic mass is 9.64. The smallest absolute Gasteiger partial charge is 0.00347 e. The van der Waals surface area contributed by atoms with E-state index in [0.29, 0.717) is 5.41 Å². The Bertz CT molecular complexity index is 275. The van der Waals surface area contributed by atoms with Crippen LogP contribution in [0.5, 0.6) is 0 Å². The first kappa shape index (κ1) is 6.90. The zero-order valence-electron chi connectivity index (χ0n) is 7.22. The summed E-state index contributed by atoms with van der Waals surface area (Å²) in [7, 11) is 0. The molecule has 0 N–H and O–H groups in total. The van der Waals surface area contributed by atoms with Gasteiger partial charge in [0, 0.05) is 0 Å². The second-order valence-corrected chi connectivity index (χ2v) is 3.75. The van der Waals surface area contributed by atoms with Crippen LogP contribution in [0.2, 0.25) is 0 Å². The minimum Gasteiger partial charge on any atom is -0.0645 e. The Morgan fingerprint density at radius 3 is 2.73 bits per heavy atom. The quantitative estimate of drug-likeness (QED) is 0.571. The van der Waals surface area contributed by atoms with Crippen LogP contribution in [-0.4, -0.2) is 0 Å². The molecule has 11 heavy (non-hydrogen) atoms. The molecule has 0 aliphatic heterocycles. The van der Waals surface area contributed by atoms with Gasteiger partial charge in [-0.2, -0.15) is 0 Å². The van der Waals surface area contributed by atoms with Gasteiger partial charge >= 0.3 is 0 Å². The zero-order chi connectivity index (χ0) is 7.90. The molecule has 0 saturated carbocycles. The third-order valence-corrected chi connectivity index (χ3v) is 3.03. The van der Waals surface area contributed by atoms with Crippen LogP contribution in [0.4, 0.5) is 0 Å². The Labute approximate surface area is 68.3 Å². The molecular weight excluding hydrogens is 132 g/mol. The van der Waals surface area contributed by atoms with Gasteiger partial charge < -0.3 is 0 Å². The van der Waals surface area contributed by atoms with Gasteiger partial charge in [0.25, 0.3) is 0 Å². The fourth-order valence-corrected chi connectivity index (χ4v) is 1.99. The fraction of sp³-hybridized carbons (Fsp3) is 0.455. The van der Waals surface area contributed by atoms with Crippen molar-refractivity contribution in [2.75, 3.05) is 0 Å². The van der Waals surface area contributed by atoms with Crippen LogP contribution in [0.1, 0.15) is 31.4 Å². The third kappa shape index (κ3) is 0.819. The van der Waals surface area contributed by atoms with Crippen molar-refractivity contribution in [1.82, 2.24) is 0 Å². The number of hydrogen-bond acceptors (Lipinski definition) is 0. The lowest BCUT2D eigenvalue weighted by Crippen LogP contribution is -2.34. The summed E-state index contributed by atoms with van der Waals surface area (Å²) in [6, 6.07) is 8.79. The molecular formula is C11H14. The molecule has 0 radical (unpaired) electrons. The molecule has 1 aliphatic rings. The Morgan fingerprint density at radius 1 is 1.36 bits per heavy atom. The molecule has 1 aromatic rings. The number of hydrogen-bond donors (Lipinski definition) is 0.